The normalized spacial score (nSPS) is 12.9. The second kappa shape index (κ2) is 8.44. The SMILES string of the molecule is COc1ccc(C)cc1C[NH+](C)[C@@H](C)C(=O)Nc1ccccc1[N+](=O)[O-]. The van der Waals surface area contributed by atoms with Gasteiger partial charge >= 0.3 is 0 Å². The number of aryl methyl sites for hydroxylation is 1. The number of carbonyl (C=O) groups excluding carboxylic acids is 1. The maximum Gasteiger partial charge on any atom is 0.292 e. The molecule has 0 aromatic heterocycles. The molecule has 1 amide bonds. The number of hydrogen-bond acceptors (Lipinski definition) is 4. The molecule has 0 saturated carbocycles. The topological polar surface area (TPSA) is 85.9 Å². The molecule has 0 heterocycles. The Kier molecular flexibility index (Phi) is 6.30. The fraction of sp³-hybridized carbons (Fsp3) is 0.316. The van der Waals surface area contributed by atoms with Gasteiger partial charge in [0, 0.05) is 11.6 Å². The Balaban J connectivity index is 2.11. The molecule has 0 aliphatic rings. The molecule has 7 nitrogen and oxygen atoms in total. The van der Waals surface area contributed by atoms with E-state index in [1.54, 1.807) is 26.2 Å². The van der Waals surface area contributed by atoms with E-state index in [4.69, 9.17) is 4.74 Å². The zero-order valence-corrected chi connectivity index (χ0v) is 15.4. The maximum atomic E-state index is 12.6. The van der Waals surface area contributed by atoms with Crippen molar-refractivity contribution in [1.82, 2.24) is 0 Å². The van der Waals surface area contributed by atoms with Crippen LogP contribution in [0.2, 0.25) is 0 Å². The molecule has 0 saturated heterocycles. The number of nitro benzene ring substituents is 1. The Morgan fingerprint density at radius 2 is 2.00 bits per heavy atom. The summed E-state index contributed by atoms with van der Waals surface area (Å²) >= 11 is 0. The number of nitro groups is 1. The molecule has 138 valence electrons. The summed E-state index contributed by atoms with van der Waals surface area (Å²) in [4.78, 5) is 24.1. The molecule has 0 aliphatic heterocycles. The zero-order chi connectivity index (χ0) is 19.3. The molecule has 0 aliphatic carbocycles. The predicted molar refractivity (Wildman–Crippen MR) is 99.5 cm³/mol. The number of anilines is 1. The summed E-state index contributed by atoms with van der Waals surface area (Å²) in [6, 6.07) is 11.6. The van der Waals surface area contributed by atoms with Crippen molar-refractivity contribution in [2.45, 2.75) is 26.4 Å². The van der Waals surface area contributed by atoms with Crippen LogP contribution in [0.15, 0.2) is 42.5 Å². The summed E-state index contributed by atoms with van der Waals surface area (Å²) in [5.41, 5.74) is 2.21. The van der Waals surface area contributed by atoms with Crippen LogP contribution >= 0.6 is 0 Å². The van der Waals surface area contributed by atoms with Crippen molar-refractivity contribution < 1.29 is 19.4 Å². The molecule has 7 heteroatoms. The van der Waals surface area contributed by atoms with E-state index in [0.717, 1.165) is 21.8 Å². The largest absolute Gasteiger partial charge is 0.496 e. The number of ether oxygens (including phenoxy) is 1. The van der Waals surface area contributed by atoms with Gasteiger partial charge in [0.1, 0.15) is 18.0 Å². The fourth-order valence-corrected chi connectivity index (χ4v) is 2.70. The number of rotatable bonds is 7. The number of carbonyl (C=O) groups is 1. The van der Waals surface area contributed by atoms with Crippen molar-refractivity contribution in [3.63, 3.8) is 0 Å². The van der Waals surface area contributed by atoms with Crippen LogP contribution in [0.5, 0.6) is 5.75 Å². The van der Waals surface area contributed by atoms with Crippen LogP contribution in [0.4, 0.5) is 11.4 Å². The van der Waals surface area contributed by atoms with Crippen molar-refractivity contribution in [3.05, 3.63) is 63.7 Å². The number of methoxy groups -OCH3 is 1. The minimum Gasteiger partial charge on any atom is -0.496 e. The van der Waals surface area contributed by atoms with Gasteiger partial charge in [-0.1, -0.05) is 23.8 Å². The molecule has 0 fully saturated rings. The highest BCUT2D eigenvalue weighted by atomic mass is 16.6. The van der Waals surface area contributed by atoms with Crippen molar-refractivity contribution in [2.24, 2.45) is 0 Å². The van der Waals surface area contributed by atoms with Crippen LogP contribution in [0, 0.1) is 17.0 Å². The van der Waals surface area contributed by atoms with E-state index in [9.17, 15) is 14.9 Å². The maximum absolute atomic E-state index is 12.6. The van der Waals surface area contributed by atoms with Gasteiger partial charge < -0.3 is 15.0 Å². The van der Waals surface area contributed by atoms with Crippen molar-refractivity contribution in [3.8, 4) is 5.75 Å². The van der Waals surface area contributed by atoms with Crippen LogP contribution < -0.4 is 15.0 Å². The molecular weight excluding hydrogens is 334 g/mol. The Bertz CT molecular complexity index is 807. The number of amides is 1. The lowest BCUT2D eigenvalue weighted by Crippen LogP contribution is -3.12. The third-order valence-corrected chi connectivity index (χ3v) is 4.40. The fourth-order valence-electron chi connectivity index (χ4n) is 2.70. The van der Waals surface area contributed by atoms with Gasteiger partial charge in [0.2, 0.25) is 0 Å². The predicted octanol–water partition coefficient (Wildman–Crippen LogP) is 1.95. The highest BCUT2D eigenvalue weighted by Crippen LogP contribution is 2.23. The standard InChI is InChI=1S/C19H23N3O4/c1-13-9-10-18(26-4)15(11-13)12-21(3)14(2)19(23)20-16-7-5-6-8-17(16)22(24)25/h5-11,14H,12H2,1-4H3,(H,20,23)/p+1/t14-/m0/s1. The first-order chi connectivity index (χ1) is 12.3. The van der Waals surface area contributed by atoms with Crippen LogP contribution in [-0.2, 0) is 11.3 Å². The molecule has 26 heavy (non-hydrogen) atoms. The van der Waals surface area contributed by atoms with E-state index in [1.807, 2.05) is 32.2 Å². The first-order valence-electron chi connectivity index (χ1n) is 8.33. The minimum atomic E-state index is -0.505. The minimum absolute atomic E-state index is 0.119. The summed E-state index contributed by atoms with van der Waals surface area (Å²) in [5, 5.41) is 13.8. The van der Waals surface area contributed by atoms with Gasteiger partial charge in [0.25, 0.3) is 11.6 Å². The molecule has 2 N–H and O–H groups in total. The molecule has 0 radical (unpaired) electrons. The molecule has 2 aromatic rings. The number of benzene rings is 2. The third-order valence-electron chi connectivity index (χ3n) is 4.40. The van der Waals surface area contributed by atoms with E-state index < -0.39 is 11.0 Å². The van der Waals surface area contributed by atoms with Gasteiger partial charge in [-0.3, -0.25) is 14.9 Å². The van der Waals surface area contributed by atoms with Crippen LogP contribution in [-0.4, -0.2) is 31.0 Å². The number of nitrogens with zero attached hydrogens (tertiary/aromatic N) is 1. The summed E-state index contributed by atoms with van der Waals surface area (Å²) in [6.45, 7) is 4.39. The Labute approximate surface area is 152 Å². The Morgan fingerprint density at radius 1 is 1.31 bits per heavy atom. The average molecular weight is 358 g/mol. The van der Waals surface area contributed by atoms with Crippen LogP contribution in [0.3, 0.4) is 0 Å². The van der Waals surface area contributed by atoms with Gasteiger partial charge in [-0.05, 0) is 32.0 Å². The Morgan fingerprint density at radius 3 is 2.65 bits per heavy atom. The number of nitrogens with one attached hydrogen (secondary N) is 2. The lowest BCUT2D eigenvalue weighted by atomic mass is 10.1. The molecule has 1 unspecified atom stereocenters. The van der Waals surface area contributed by atoms with Gasteiger partial charge in [-0.15, -0.1) is 0 Å². The van der Waals surface area contributed by atoms with Gasteiger partial charge in [0.15, 0.2) is 6.04 Å². The van der Waals surface area contributed by atoms with Crippen LogP contribution in [0.25, 0.3) is 0 Å². The Hall–Kier alpha value is -2.93. The lowest BCUT2D eigenvalue weighted by molar-refractivity contribution is -0.907. The van der Waals surface area contributed by atoms with E-state index in [2.05, 4.69) is 5.32 Å². The second-order valence-corrected chi connectivity index (χ2v) is 6.32. The smallest absolute Gasteiger partial charge is 0.292 e. The number of likely N-dealkylation sites (N-methyl/N-ethyl adjacent to an activating group) is 1. The molecule has 0 spiro atoms. The monoisotopic (exact) mass is 358 g/mol. The van der Waals surface area contributed by atoms with Crippen molar-refractivity contribution >= 4 is 17.3 Å². The van der Waals surface area contributed by atoms with Gasteiger partial charge in [-0.25, -0.2) is 0 Å². The van der Waals surface area contributed by atoms with E-state index >= 15 is 0 Å². The summed E-state index contributed by atoms with van der Waals surface area (Å²) in [6.07, 6.45) is 0. The second-order valence-electron chi connectivity index (χ2n) is 6.32. The number of para-hydroxylation sites is 2. The number of hydrogen-bond donors (Lipinski definition) is 2. The molecule has 2 rings (SSSR count). The summed E-state index contributed by atoms with van der Waals surface area (Å²) in [5.74, 6) is 0.504. The van der Waals surface area contributed by atoms with Gasteiger partial charge in [0.05, 0.1) is 19.1 Å². The third kappa shape index (κ3) is 4.58. The molecule has 0 bridgehead atoms. The first kappa shape index (κ1) is 19.4. The van der Waals surface area contributed by atoms with Gasteiger partial charge in [-0.2, -0.15) is 0 Å². The van der Waals surface area contributed by atoms with E-state index in [-0.39, 0.29) is 17.3 Å². The number of quaternary nitrogens is 1. The van der Waals surface area contributed by atoms with Crippen molar-refractivity contribution in [1.29, 1.82) is 0 Å². The van der Waals surface area contributed by atoms with Crippen LogP contribution in [0.1, 0.15) is 18.1 Å². The molecule has 2 atom stereocenters. The van der Waals surface area contributed by atoms with E-state index in [0.29, 0.717) is 6.54 Å². The average Bonchev–Trinajstić information content (AvgIpc) is 2.61. The van der Waals surface area contributed by atoms with Crippen molar-refractivity contribution in [2.75, 3.05) is 19.5 Å². The lowest BCUT2D eigenvalue weighted by Gasteiger charge is -2.22. The zero-order valence-electron chi connectivity index (χ0n) is 15.4. The first-order valence-corrected chi connectivity index (χ1v) is 8.33. The highest BCUT2D eigenvalue weighted by molar-refractivity contribution is 5.95. The molecular formula is C19H24N3O4+. The molecule has 2 aromatic carbocycles. The highest BCUT2D eigenvalue weighted by Gasteiger charge is 2.25. The summed E-state index contributed by atoms with van der Waals surface area (Å²) in [7, 11) is 3.53. The quantitative estimate of drug-likeness (QED) is 0.585. The van der Waals surface area contributed by atoms with E-state index in [1.165, 1.54) is 12.1 Å². The summed E-state index contributed by atoms with van der Waals surface area (Å²) < 4.78 is 5.39.